The molecule has 5 aromatic rings. The van der Waals surface area contributed by atoms with Crippen LogP contribution in [-0.2, 0) is 20.3 Å². The van der Waals surface area contributed by atoms with E-state index >= 15 is 0 Å². The lowest BCUT2D eigenvalue weighted by Gasteiger charge is -2.24. The van der Waals surface area contributed by atoms with Crippen LogP contribution in [-0.4, -0.2) is 26.2 Å². The highest BCUT2D eigenvalue weighted by Gasteiger charge is 2.42. The van der Waals surface area contributed by atoms with E-state index in [1.165, 1.54) is 58.7 Å². The minimum absolute atomic E-state index is 0.211. The third-order valence-electron chi connectivity index (χ3n) is 9.14. The first-order chi connectivity index (χ1) is 20.1. The largest absolute Gasteiger partial charge is 0.465 e. The highest BCUT2D eigenvalue weighted by atomic mass is 32.1. The maximum Gasteiger partial charge on any atom is 0.339 e. The molecule has 0 radical (unpaired) electrons. The van der Waals surface area contributed by atoms with Gasteiger partial charge < -0.3 is 9.47 Å². The normalized spacial score (nSPS) is 15.0. The van der Waals surface area contributed by atoms with E-state index in [9.17, 15) is 9.59 Å². The molecule has 0 N–H and O–H groups in total. The predicted molar refractivity (Wildman–Crippen MR) is 171 cm³/mol. The van der Waals surface area contributed by atoms with Gasteiger partial charge >= 0.3 is 11.9 Å². The van der Waals surface area contributed by atoms with E-state index in [-0.39, 0.29) is 22.8 Å². The monoisotopic (exact) mass is 590 g/mol. The first kappa shape index (κ1) is 26.9. The van der Waals surface area contributed by atoms with Crippen molar-refractivity contribution >= 4 is 34.6 Å². The van der Waals surface area contributed by atoms with Crippen LogP contribution in [0.5, 0.6) is 0 Å². The van der Waals surface area contributed by atoms with Gasteiger partial charge in [0.15, 0.2) is 0 Å². The van der Waals surface area contributed by atoms with E-state index in [0.717, 1.165) is 20.9 Å². The van der Waals surface area contributed by atoms with E-state index in [4.69, 9.17) is 9.47 Å². The number of fused-ring (bicyclic) bond motifs is 6. The second-order valence-corrected chi connectivity index (χ2v) is 13.9. The number of benzene rings is 3. The summed E-state index contributed by atoms with van der Waals surface area (Å²) < 4.78 is 10.1. The molecule has 2 heterocycles. The molecule has 0 spiro atoms. The van der Waals surface area contributed by atoms with Gasteiger partial charge in [-0.2, -0.15) is 0 Å². The molecular formula is C36H30O4S2. The summed E-state index contributed by atoms with van der Waals surface area (Å²) >= 11 is 3.13. The highest BCUT2D eigenvalue weighted by molar-refractivity contribution is 7.14. The lowest BCUT2D eigenvalue weighted by atomic mass is 9.79. The van der Waals surface area contributed by atoms with Gasteiger partial charge in [-0.15, -0.1) is 22.7 Å². The fourth-order valence-electron chi connectivity index (χ4n) is 6.85. The van der Waals surface area contributed by atoms with Crippen molar-refractivity contribution < 1.29 is 19.1 Å². The molecule has 42 heavy (non-hydrogen) atoms. The first-order valence-electron chi connectivity index (χ1n) is 13.9. The van der Waals surface area contributed by atoms with E-state index in [1.54, 1.807) is 22.7 Å². The van der Waals surface area contributed by atoms with Gasteiger partial charge in [-0.05, 0) is 103 Å². The molecule has 2 aliphatic rings. The summed E-state index contributed by atoms with van der Waals surface area (Å²) in [5.41, 5.74) is 13.0. The van der Waals surface area contributed by atoms with Gasteiger partial charge in [0.25, 0.3) is 0 Å². The summed E-state index contributed by atoms with van der Waals surface area (Å²) in [6.07, 6.45) is 0. The number of esters is 2. The summed E-state index contributed by atoms with van der Waals surface area (Å²) in [6, 6.07) is 21.7. The van der Waals surface area contributed by atoms with E-state index in [2.05, 4.69) is 76.2 Å². The Labute approximate surface area is 253 Å². The zero-order valence-corrected chi connectivity index (χ0v) is 26.0. The van der Waals surface area contributed by atoms with Gasteiger partial charge in [0.1, 0.15) is 0 Å². The zero-order chi connectivity index (χ0) is 29.6. The lowest BCUT2D eigenvalue weighted by Crippen LogP contribution is -2.17. The number of thiophene rings is 2. The van der Waals surface area contributed by atoms with Crippen molar-refractivity contribution in [2.45, 2.75) is 38.5 Å². The van der Waals surface area contributed by atoms with E-state index in [0.29, 0.717) is 11.1 Å². The Bertz CT molecular complexity index is 1810. The van der Waals surface area contributed by atoms with Gasteiger partial charge in [0.05, 0.1) is 25.3 Å². The standard InChI is InChI=1S/C36H30O4S2/c1-35(2)27-15-19(31-23(11-13-41-31)33(37)39-5)7-9-21(27)25-18-30-26(17-29(25)35)22-10-8-20(16-28(22)36(30,3)4)32-24(12-14-42-32)34(38)40-6/h7-18H,1-6H3. The second kappa shape index (κ2) is 9.25. The van der Waals surface area contributed by atoms with Crippen molar-refractivity contribution in [3.05, 3.63) is 105 Å². The summed E-state index contributed by atoms with van der Waals surface area (Å²) in [4.78, 5) is 26.7. The van der Waals surface area contributed by atoms with Crippen molar-refractivity contribution in [1.29, 1.82) is 0 Å². The van der Waals surface area contributed by atoms with Gasteiger partial charge in [-0.3, -0.25) is 0 Å². The molecule has 2 aromatic heterocycles. The van der Waals surface area contributed by atoms with Crippen LogP contribution in [0.2, 0.25) is 0 Å². The van der Waals surface area contributed by atoms with Gasteiger partial charge in [-0.1, -0.05) is 52.0 Å². The molecule has 2 aliphatic carbocycles. The van der Waals surface area contributed by atoms with E-state index in [1.807, 2.05) is 22.9 Å². The Hall–Kier alpha value is -4.00. The van der Waals surface area contributed by atoms with Crippen molar-refractivity contribution in [3.63, 3.8) is 0 Å². The lowest BCUT2D eigenvalue weighted by molar-refractivity contribution is 0.0593. The number of carbonyl (C=O) groups is 2. The van der Waals surface area contributed by atoms with Crippen molar-refractivity contribution in [2.75, 3.05) is 14.2 Å². The molecule has 6 heteroatoms. The topological polar surface area (TPSA) is 52.6 Å². The Morgan fingerprint density at radius 2 is 0.929 bits per heavy atom. The van der Waals surface area contributed by atoms with Crippen LogP contribution in [0.3, 0.4) is 0 Å². The summed E-state index contributed by atoms with van der Waals surface area (Å²) in [5, 5.41) is 3.89. The molecule has 0 saturated heterocycles. The zero-order valence-electron chi connectivity index (χ0n) is 24.4. The van der Waals surface area contributed by atoms with Crippen LogP contribution in [0.15, 0.2) is 71.4 Å². The fourth-order valence-corrected chi connectivity index (χ4v) is 8.61. The summed E-state index contributed by atoms with van der Waals surface area (Å²) in [6.45, 7) is 9.16. The maximum absolute atomic E-state index is 12.4. The first-order valence-corrected chi connectivity index (χ1v) is 15.6. The SMILES string of the molecule is COC(=O)c1ccsc1-c1ccc2c(c1)C(C)(C)c1cc3c(cc1-2)C(C)(C)c1cc(-c2sccc2C(=O)OC)ccc1-3. The number of methoxy groups -OCH3 is 2. The molecule has 0 saturated carbocycles. The maximum atomic E-state index is 12.4. The number of hydrogen-bond acceptors (Lipinski definition) is 6. The Balaban J connectivity index is 1.34. The minimum Gasteiger partial charge on any atom is -0.465 e. The molecule has 7 rings (SSSR count). The van der Waals surface area contributed by atoms with Crippen molar-refractivity contribution in [3.8, 4) is 43.1 Å². The number of ether oxygens (including phenoxy) is 2. The van der Waals surface area contributed by atoms with Crippen LogP contribution >= 0.6 is 22.7 Å². The van der Waals surface area contributed by atoms with Gasteiger partial charge in [-0.25, -0.2) is 9.59 Å². The smallest absolute Gasteiger partial charge is 0.339 e. The van der Waals surface area contributed by atoms with Crippen LogP contribution in [0.1, 0.15) is 70.7 Å². The van der Waals surface area contributed by atoms with Gasteiger partial charge in [0.2, 0.25) is 0 Å². The third kappa shape index (κ3) is 3.64. The molecule has 0 atom stereocenters. The van der Waals surface area contributed by atoms with Crippen LogP contribution in [0.25, 0.3) is 43.1 Å². The second-order valence-electron chi connectivity index (χ2n) is 12.0. The fraction of sp³-hybridized carbons (Fsp3) is 0.222. The highest BCUT2D eigenvalue weighted by Crippen LogP contribution is 2.57. The average molecular weight is 591 g/mol. The van der Waals surface area contributed by atoms with Crippen LogP contribution < -0.4 is 0 Å². The molecule has 4 nitrogen and oxygen atoms in total. The number of rotatable bonds is 4. The minimum atomic E-state index is -0.310. The van der Waals surface area contributed by atoms with Crippen molar-refractivity contribution in [1.82, 2.24) is 0 Å². The molecular weight excluding hydrogens is 561 g/mol. The third-order valence-corrected chi connectivity index (χ3v) is 11.1. The Kier molecular flexibility index (Phi) is 5.92. The molecule has 0 unspecified atom stereocenters. The molecule has 0 amide bonds. The average Bonchev–Trinajstić information content (AvgIpc) is 3.76. The van der Waals surface area contributed by atoms with Crippen LogP contribution in [0.4, 0.5) is 0 Å². The molecule has 0 aliphatic heterocycles. The van der Waals surface area contributed by atoms with Crippen LogP contribution in [0, 0.1) is 0 Å². The molecule has 0 bridgehead atoms. The predicted octanol–water partition coefficient (Wildman–Crippen LogP) is 9.33. The Morgan fingerprint density at radius 3 is 1.31 bits per heavy atom. The summed E-state index contributed by atoms with van der Waals surface area (Å²) in [5.74, 6) is -0.620. The number of hydrogen-bond donors (Lipinski definition) is 0. The number of carbonyl (C=O) groups excluding carboxylic acids is 2. The summed E-state index contributed by atoms with van der Waals surface area (Å²) in [7, 11) is 2.85. The molecule has 3 aromatic carbocycles. The van der Waals surface area contributed by atoms with Crippen molar-refractivity contribution in [2.24, 2.45) is 0 Å². The van der Waals surface area contributed by atoms with Gasteiger partial charge in [0, 0.05) is 20.6 Å². The molecule has 210 valence electrons. The molecule has 0 fully saturated rings. The quantitative estimate of drug-likeness (QED) is 0.196. The Morgan fingerprint density at radius 1 is 0.548 bits per heavy atom. The van der Waals surface area contributed by atoms with E-state index < -0.39 is 0 Å².